The van der Waals surface area contributed by atoms with Crippen molar-refractivity contribution in [3.8, 4) is 0 Å². The van der Waals surface area contributed by atoms with Gasteiger partial charge in [-0.1, -0.05) is 35.9 Å². The molecule has 0 radical (unpaired) electrons. The van der Waals surface area contributed by atoms with Crippen LogP contribution in [0.2, 0.25) is 5.02 Å². The quantitative estimate of drug-likeness (QED) is 0.309. The molecule has 2 aromatic carbocycles. The second-order valence-electron chi connectivity index (χ2n) is 4.92. The minimum absolute atomic E-state index is 0. The molecule has 0 saturated carbocycles. The van der Waals surface area contributed by atoms with E-state index in [0.717, 1.165) is 6.08 Å². The zero-order chi connectivity index (χ0) is 19.5. The molecule has 4 nitrogen and oxygen atoms in total. The Morgan fingerprint density at radius 1 is 1.15 bits per heavy atom. The third-order valence-corrected chi connectivity index (χ3v) is 4.30. The van der Waals surface area contributed by atoms with E-state index < -0.39 is 39.0 Å². The van der Waals surface area contributed by atoms with Gasteiger partial charge < -0.3 is 5.11 Å². The zero-order valence-corrected chi connectivity index (χ0v) is 17.2. The molecule has 138 valence electrons. The summed E-state index contributed by atoms with van der Waals surface area (Å²) in [5, 5.41) is 12.6. The van der Waals surface area contributed by atoms with Gasteiger partial charge in [-0.05, 0) is 35.4 Å². The minimum atomic E-state index is -5.06. The molecule has 2 rings (SSSR count). The third-order valence-electron chi connectivity index (χ3n) is 3.05. The van der Waals surface area contributed by atoms with Gasteiger partial charge in [-0.2, -0.15) is 26.0 Å². The zero-order valence-electron chi connectivity index (χ0n) is 13.7. The molecule has 0 spiro atoms. The summed E-state index contributed by atoms with van der Waals surface area (Å²) in [6, 6.07) is 7.38. The first kappa shape index (κ1) is 23.6. The first-order valence-corrected chi connectivity index (χ1v) is 8.69. The van der Waals surface area contributed by atoms with Gasteiger partial charge in [0.15, 0.2) is 0 Å². The summed E-state index contributed by atoms with van der Waals surface area (Å²) in [5.74, 6) is -2.89. The average molecular weight is 430 g/mol. The monoisotopic (exact) mass is 429 g/mol. The third kappa shape index (κ3) is 6.62. The van der Waals surface area contributed by atoms with Crippen LogP contribution in [0.1, 0.15) is 16.7 Å². The van der Waals surface area contributed by atoms with Crippen molar-refractivity contribution in [2.45, 2.75) is 6.18 Å². The van der Waals surface area contributed by atoms with Crippen molar-refractivity contribution < 1.29 is 60.6 Å². The van der Waals surface area contributed by atoms with Crippen LogP contribution in [0.15, 0.2) is 52.3 Å². The Bertz CT molecular complexity index is 991. The summed E-state index contributed by atoms with van der Waals surface area (Å²) in [5.41, 5.74) is -2.39. The van der Waals surface area contributed by atoms with E-state index in [2.05, 4.69) is 4.40 Å². The maximum absolute atomic E-state index is 13.0. The molecule has 0 aliphatic rings. The summed E-state index contributed by atoms with van der Waals surface area (Å²) < 4.78 is 78.2. The average Bonchev–Trinajstić information content (AvgIpc) is 2.52. The van der Waals surface area contributed by atoms with Crippen LogP contribution < -0.4 is 34.7 Å². The topological polar surface area (TPSA) is 69.6 Å². The predicted molar refractivity (Wildman–Crippen MR) is 87.3 cm³/mol. The first-order valence-electron chi connectivity index (χ1n) is 6.81. The van der Waals surface area contributed by atoms with Gasteiger partial charge in [0.2, 0.25) is 0 Å². The van der Waals surface area contributed by atoms with Gasteiger partial charge in [-0.15, -0.1) is 0 Å². The van der Waals surface area contributed by atoms with Crippen molar-refractivity contribution >= 4 is 33.6 Å². The van der Waals surface area contributed by atoms with Gasteiger partial charge in [-0.3, -0.25) is 0 Å². The summed E-state index contributed by atoms with van der Waals surface area (Å²) in [4.78, 5) is 0. The molecular formula is C16H9ClF4NNaO3S. The van der Waals surface area contributed by atoms with Crippen LogP contribution in [0, 0.1) is 5.82 Å². The summed E-state index contributed by atoms with van der Waals surface area (Å²) in [7, 11) is -4.54. The van der Waals surface area contributed by atoms with E-state index >= 15 is 0 Å². The van der Waals surface area contributed by atoms with Crippen LogP contribution in [0.25, 0.3) is 6.08 Å². The van der Waals surface area contributed by atoms with Gasteiger partial charge in [-0.25, -0.2) is 4.39 Å². The molecular weight excluding hydrogens is 421 g/mol. The van der Waals surface area contributed by atoms with E-state index in [1.54, 1.807) is 12.1 Å². The fourth-order valence-corrected chi connectivity index (χ4v) is 2.81. The molecule has 0 saturated heterocycles. The second kappa shape index (κ2) is 9.20. The van der Waals surface area contributed by atoms with Gasteiger partial charge in [0.1, 0.15) is 5.82 Å². The number of alkyl halides is 3. The van der Waals surface area contributed by atoms with E-state index in [1.807, 2.05) is 0 Å². The first-order chi connectivity index (χ1) is 12.0. The second-order valence-corrected chi connectivity index (χ2v) is 6.82. The summed E-state index contributed by atoms with van der Waals surface area (Å²) in [6.45, 7) is 0. The van der Waals surface area contributed by atoms with E-state index in [4.69, 9.17) is 11.6 Å². The van der Waals surface area contributed by atoms with Crippen molar-refractivity contribution in [1.82, 2.24) is 0 Å². The van der Waals surface area contributed by atoms with Crippen molar-refractivity contribution in [3.05, 3.63) is 75.4 Å². The number of sulfonamides is 1. The fraction of sp³-hybridized carbons (Fsp3) is 0.0625. The molecule has 0 aliphatic heterocycles. The van der Waals surface area contributed by atoms with Crippen LogP contribution in [-0.2, 0) is 16.2 Å². The van der Waals surface area contributed by atoms with Crippen LogP contribution in [-0.4, -0.2) is 14.3 Å². The Balaban J connectivity index is 0.00000364. The minimum Gasteiger partial charge on any atom is -0.858 e. The number of hydrogen-bond donors (Lipinski definition) is 0. The van der Waals surface area contributed by atoms with Gasteiger partial charge in [0.25, 0.3) is 10.0 Å². The molecule has 0 bridgehead atoms. The van der Waals surface area contributed by atoms with E-state index in [-0.39, 0.29) is 40.6 Å². The van der Waals surface area contributed by atoms with Gasteiger partial charge >= 0.3 is 35.7 Å². The van der Waals surface area contributed by atoms with Crippen molar-refractivity contribution in [2.75, 3.05) is 0 Å². The number of hydrogen-bond acceptors (Lipinski definition) is 3. The Kier molecular flexibility index (Phi) is 8.06. The van der Waals surface area contributed by atoms with E-state index in [9.17, 15) is 31.1 Å². The molecule has 0 aromatic heterocycles. The van der Waals surface area contributed by atoms with Crippen LogP contribution >= 0.6 is 11.6 Å². The standard InChI is InChI=1S/C16H10ClF4NO3S.Na/c17-14-4-2-1-3-10(14)7-8-26(24,25)22-15(23)12-6-5-11(18)9-13(12)16(19,20)21;/h1-9H,(H,22,23);/q;+1/p-1/b8-7+;. The normalized spacial score (nSPS) is 12.9. The number of benzene rings is 2. The Morgan fingerprint density at radius 2 is 1.78 bits per heavy atom. The van der Waals surface area contributed by atoms with Crippen LogP contribution in [0.5, 0.6) is 0 Å². The number of halogens is 5. The summed E-state index contributed by atoms with van der Waals surface area (Å²) in [6.07, 6.45) is -4.01. The van der Waals surface area contributed by atoms with Crippen LogP contribution in [0.3, 0.4) is 0 Å². The fourth-order valence-electron chi connectivity index (χ4n) is 1.90. The molecule has 11 heteroatoms. The van der Waals surface area contributed by atoms with Crippen molar-refractivity contribution in [1.29, 1.82) is 0 Å². The van der Waals surface area contributed by atoms with Crippen molar-refractivity contribution in [3.63, 3.8) is 0 Å². The predicted octanol–water partition coefficient (Wildman–Crippen LogP) is 0.609. The Hall–Kier alpha value is -1.39. The molecule has 0 heterocycles. The van der Waals surface area contributed by atoms with Crippen LogP contribution in [0.4, 0.5) is 17.6 Å². The Labute approximate surface area is 179 Å². The number of rotatable bonds is 4. The molecule has 0 unspecified atom stereocenters. The number of nitrogens with zero attached hydrogens (tertiary/aromatic N) is 1. The summed E-state index contributed by atoms with van der Waals surface area (Å²) >= 11 is 5.84. The van der Waals surface area contributed by atoms with E-state index in [1.165, 1.54) is 12.1 Å². The Morgan fingerprint density at radius 3 is 2.37 bits per heavy atom. The van der Waals surface area contributed by atoms with Crippen molar-refractivity contribution in [2.24, 2.45) is 4.40 Å². The molecule has 2 aromatic rings. The molecule has 0 amide bonds. The molecule has 27 heavy (non-hydrogen) atoms. The molecule has 0 atom stereocenters. The molecule has 0 N–H and O–H groups in total. The molecule has 0 fully saturated rings. The van der Waals surface area contributed by atoms with Gasteiger partial charge in [0, 0.05) is 10.9 Å². The maximum Gasteiger partial charge on any atom is 1.00 e. The SMILES string of the molecule is O=S(=O)(/C=C/c1ccccc1Cl)/N=C(\[O-])c1ccc(F)cc1C(F)(F)F.[Na+]. The van der Waals surface area contributed by atoms with E-state index in [0.29, 0.717) is 23.1 Å². The van der Waals surface area contributed by atoms with Gasteiger partial charge in [0.05, 0.1) is 11.0 Å². The largest absolute Gasteiger partial charge is 1.00 e. The maximum atomic E-state index is 13.0. The smallest absolute Gasteiger partial charge is 0.858 e. The molecule has 0 aliphatic carbocycles.